The zero-order valence-electron chi connectivity index (χ0n) is 16.8. The highest BCUT2D eigenvalue weighted by Crippen LogP contribution is 2.28. The molecule has 0 aliphatic carbocycles. The van der Waals surface area contributed by atoms with Crippen LogP contribution in [0.1, 0.15) is 117 Å². The third kappa shape index (κ3) is 10.2. The molecule has 0 spiro atoms. The van der Waals surface area contributed by atoms with Crippen molar-refractivity contribution >= 4 is 5.97 Å². The zero-order chi connectivity index (χ0) is 18.3. The predicted octanol–water partition coefficient (Wildman–Crippen LogP) is 6.17. The van der Waals surface area contributed by atoms with Gasteiger partial charge in [0.15, 0.2) is 0 Å². The topological polar surface area (TPSA) is 46.5 Å². The van der Waals surface area contributed by atoms with Gasteiger partial charge >= 0.3 is 5.97 Å². The molecule has 0 amide bonds. The number of hydrogen-bond donors (Lipinski definition) is 1. The van der Waals surface area contributed by atoms with Crippen LogP contribution >= 0.6 is 0 Å². The molecule has 1 aliphatic rings. The molecule has 148 valence electrons. The molecule has 1 fully saturated rings. The summed E-state index contributed by atoms with van der Waals surface area (Å²) in [6.45, 7) is 4.43. The van der Waals surface area contributed by atoms with Crippen LogP contribution in [0.15, 0.2) is 0 Å². The molecule has 1 unspecified atom stereocenters. The fourth-order valence-corrected chi connectivity index (χ4v) is 3.85. The molecule has 0 bridgehead atoms. The van der Waals surface area contributed by atoms with Crippen molar-refractivity contribution in [1.29, 1.82) is 0 Å². The Morgan fingerprint density at radius 2 is 1.28 bits per heavy atom. The van der Waals surface area contributed by atoms with Crippen LogP contribution < -0.4 is 0 Å². The average molecular weight is 355 g/mol. The number of hydrogen-bond acceptors (Lipinski definition) is 3. The van der Waals surface area contributed by atoms with E-state index in [2.05, 4.69) is 13.8 Å². The smallest absolute Gasteiger partial charge is 0.311 e. The van der Waals surface area contributed by atoms with Gasteiger partial charge in [0.2, 0.25) is 0 Å². The molecule has 1 aliphatic heterocycles. The van der Waals surface area contributed by atoms with E-state index in [9.17, 15) is 9.90 Å². The SMILES string of the molecule is CCCCCCCCCCC[C@@H]1C[C@H](O)C(CCCCCC)C(=O)O1. The highest BCUT2D eigenvalue weighted by atomic mass is 16.5. The molecular formula is C22H42O3. The molecule has 25 heavy (non-hydrogen) atoms. The van der Waals surface area contributed by atoms with E-state index in [1.54, 1.807) is 0 Å². The van der Waals surface area contributed by atoms with E-state index >= 15 is 0 Å². The molecular weight excluding hydrogens is 312 g/mol. The average Bonchev–Trinajstić information content (AvgIpc) is 2.59. The Kier molecular flexibility index (Phi) is 13.1. The van der Waals surface area contributed by atoms with Gasteiger partial charge in [-0.25, -0.2) is 0 Å². The first kappa shape index (κ1) is 22.5. The summed E-state index contributed by atoms with van der Waals surface area (Å²) in [6, 6.07) is 0. The minimum atomic E-state index is -0.494. The number of aliphatic hydroxyl groups is 1. The zero-order valence-corrected chi connectivity index (χ0v) is 16.8. The van der Waals surface area contributed by atoms with Crippen LogP contribution in [0.25, 0.3) is 0 Å². The van der Waals surface area contributed by atoms with Crippen LogP contribution in [-0.4, -0.2) is 23.3 Å². The summed E-state index contributed by atoms with van der Waals surface area (Å²) < 4.78 is 5.60. The van der Waals surface area contributed by atoms with Gasteiger partial charge in [0.25, 0.3) is 0 Å². The van der Waals surface area contributed by atoms with Crippen LogP contribution in [-0.2, 0) is 9.53 Å². The Morgan fingerprint density at radius 1 is 0.800 bits per heavy atom. The fraction of sp³-hybridized carbons (Fsp3) is 0.955. The first-order valence-corrected chi connectivity index (χ1v) is 11.1. The number of aliphatic hydroxyl groups excluding tert-OH is 1. The van der Waals surface area contributed by atoms with Crippen molar-refractivity contribution in [1.82, 2.24) is 0 Å². The molecule has 3 atom stereocenters. The van der Waals surface area contributed by atoms with Gasteiger partial charge < -0.3 is 9.84 Å². The minimum Gasteiger partial charge on any atom is -0.462 e. The molecule has 1 heterocycles. The number of rotatable bonds is 15. The third-order valence-corrected chi connectivity index (χ3v) is 5.55. The first-order valence-electron chi connectivity index (χ1n) is 11.1. The predicted molar refractivity (Wildman–Crippen MR) is 105 cm³/mol. The van der Waals surface area contributed by atoms with Crippen molar-refractivity contribution in [3.8, 4) is 0 Å². The van der Waals surface area contributed by atoms with Crippen LogP contribution in [0.5, 0.6) is 0 Å². The quantitative estimate of drug-likeness (QED) is 0.282. The standard InChI is InChI=1S/C22H42O3/c1-3-5-7-9-10-11-12-13-14-16-19-18-21(23)20(22(24)25-19)17-15-8-6-4-2/h19-21,23H,3-18H2,1-2H3/t19-,20?,21+/m1/s1. The molecule has 0 saturated carbocycles. The number of ether oxygens (including phenoxy) is 1. The van der Waals surface area contributed by atoms with Crippen molar-refractivity contribution in [3.05, 3.63) is 0 Å². The van der Waals surface area contributed by atoms with Crippen molar-refractivity contribution in [2.24, 2.45) is 5.92 Å². The van der Waals surface area contributed by atoms with E-state index in [0.717, 1.165) is 32.1 Å². The Morgan fingerprint density at radius 3 is 1.84 bits per heavy atom. The number of cyclic esters (lactones) is 1. The van der Waals surface area contributed by atoms with Gasteiger partial charge in [0.1, 0.15) is 6.10 Å². The normalized spacial score (nSPS) is 23.6. The highest BCUT2D eigenvalue weighted by molar-refractivity contribution is 5.74. The number of esters is 1. The van der Waals surface area contributed by atoms with Gasteiger partial charge in [-0.3, -0.25) is 4.79 Å². The number of carbonyl (C=O) groups is 1. The Hall–Kier alpha value is -0.570. The van der Waals surface area contributed by atoms with Gasteiger partial charge in [-0.1, -0.05) is 90.9 Å². The molecule has 0 radical (unpaired) electrons. The minimum absolute atomic E-state index is 0.0565. The molecule has 0 aromatic carbocycles. The van der Waals surface area contributed by atoms with E-state index in [0.29, 0.717) is 6.42 Å². The van der Waals surface area contributed by atoms with Gasteiger partial charge in [0, 0.05) is 6.42 Å². The summed E-state index contributed by atoms with van der Waals surface area (Å²) in [5, 5.41) is 10.3. The molecule has 1 rings (SSSR count). The number of carbonyl (C=O) groups excluding carboxylic acids is 1. The van der Waals surface area contributed by atoms with Gasteiger partial charge in [-0.05, 0) is 19.3 Å². The van der Waals surface area contributed by atoms with Crippen LogP contribution in [0.4, 0.5) is 0 Å². The second kappa shape index (κ2) is 14.6. The maximum Gasteiger partial charge on any atom is 0.311 e. The monoisotopic (exact) mass is 354 g/mol. The lowest BCUT2D eigenvalue weighted by Gasteiger charge is -2.32. The summed E-state index contributed by atoms with van der Waals surface area (Å²) >= 11 is 0. The third-order valence-electron chi connectivity index (χ3n) is 5.55. The molecule has 0 aromatic heterocycles. The summed E-state index contributed by atoms with van der Waals surface area (Å²) in [5.74, 6) is -0.438. The van der Waals surface area contributed by atoms with Crippen LogP contribution in [0, 0.1) is 5.92 Å². The molecule has 1 N–H and O–H groups in total. The molecule has 1 saturated heterocycles. The largest absolute Gasteiger partial charge is 0.462 e. The Bertz CT molecular complexity index is 329. The Balaban J connectivity index is 2.06. The van der Waals surface area contributed by atoms with Crippen LogP contribution in [0.2, 0.25) is 0 Å². The summed E-state index contributed by atoms with van der Waals surface area (Å²) in [5.41, 5.74) is 0. The van der Waals surface area contributed by atoms with E-state index in [1.807, 2.05) is 0 Å². The van der Waals surface area contributed by atoms with Crippen LogP contribution in [0.3, 0.4) is 0 Å². The number of unbranched alkanes of at least 4 members (excludes halogenated alkanes) is 11. The van der Waals surface area contributed by atoms with Gasteiger partial charge in [-0.2, -0.15) is 0 Å². The fourth-order valence-electron chi connectivity index (χ4n) is 3.85. The second-order valence-electron chi connectivity index (χ2n) is 7.93. The molecule has 3 heteroatoms. The van der Waals surface area contributed by atoms with E-state index < -0.39 is 6.10 Å². The lowest BCUT2D eigenvalue weighted by atomic mass is 9.88. The van der Waals surface area contributed by atoms with Gasteiger partial charge in [-0.15, -0.1) is 0 Å². The maximum absolute atomic E-state index is 12.2. The van der Waals surface area contributed by atoms with Crippen molar-refractivity contribution < 1.29 is 14.6 Å². The van der Waals surface area contributed by atoms with Crippen molar-refractivity contribution in [2.75, 3.05) is 0 Å². The van der Waals surface area contributed by atoms with Gasteiger partial charge in [0.05, 0.1) is 12.0 Å². The lowest BCUT2D eigenvalue weighted by Crippen LogP contribution is -2.41. The van der Waals surface area contributed by atoms with Crippen molar-refractivity contribution in [2.45, 2.75) is 129 Å². The van der Waals surface area contributed by atoms with E-state index in [-0.39, 0.29) is 18.0 Å². The Labute approximate surface area is 155 Å². The second-order valence-corrected chi connectivity index (χ2v) is 7.93. The lowest BCUT2D eigenvalue weighted by molar-refractivity contribution is -0.170. The maximum atomic E-state index is 12.2. The van der Waals surface area contributed by atoms with E-state index in [1.165, 1.54) is 64.2 Å². The highest BCUT2D eigenvalue weighted by Gasteiger charge is 2.36. The van der Waals surface area contributed by atoms with E-state index in [4.69, 9.17) is 4.74 Å². The van der Waals surface area contributed by atoms with Crippen molar-refractivity contribution in [3.63, 3.8) is 0 Å². The first-order chi connectivity index (χ1) is 12.2. The summed E-state index contributed by atoms with van der Waals surface area (Å²) in [7, 11) is 0. The molecule has 3 nitrogen and oxygen atoms in total. The summed E-state index contributed by atoms with van der Waals surface area (Å²) in [4.78, 5) is 12.2. The summed E-state index contributed by atoms with van der Waals surface area (Å²) in [6.07, 6.45) is 18.1. The molecule has 0 aromatic rings.